The lowest BCUT2D eigenvalue weighted by Gasteiger charge is -2.05. The highest BCUT2D eigenvalue weighted by Crippen LogP contribution is 2.21. The number of rotatable bonds is 5. The maximum absolute atomic E-state index is 12.9. The van der Waals surface area contributed by atoms with E-state index in [0.717, 1.165) is 11.0 Å². The number of carboxylic acids is 1. The molecule has 1 N–H and O–H groups in total. The predicted octanol–water partition coefficient (Wildman–Crippen LogP) is 2.88. The monoisotopic (exact) mass is 360 g/mol. The van der Waals surface area contributed by atoms with Gasteiger partial charge in [-0.2, -0.15) is 0 Å². The summed E-state index contributed by atoms with van der Waals surface area (Å²) in [6, 6.07) is 6.88. The van der Waals surface area contributed by atoms with Crippen molar-refractivity contribution in [1.82, 2.24) is 9.38 Å². The van der Waals surface area contributed by atoms with Gasteiger partial charge in [0.05, 0.1) is 11.4 Å². The molecular weight excluding hydrogens is 347 g/mol. The van der Waals surface area contributed by atoms with Crippen LogP contribution in [-0.4, -0.2) is 20.5 Å². The van der Waals surface area contributed by atoms with E-state index in [9.17, 15) is 14.0 Å². The first-order valence-electron chi connectivity index (χ1n) is 7.25. The number of nitrogens with zero attached hydrogens (tertiary/aromatic N) is 2. The number of ether oxygens (including phenoxy) is 1. The SMILES string of the molecule is Cc1sc2nc(COc3ccc(F)cc3)cc(=O)n2c1C=CC(=O)O. The van der Waals surface area contributed by atoms with Crippen LogP contribution in [0.4, 0.5) is 4.39 Å². The molecule has 6 nitrogen and oxygen atoms in total. The van der Waals surface area contributed by atoms with Crippen molar-refractivity contribution in [3.05, 3.63) is 68.8 Å². The standard InChI is InChI=1S/C17H13FN2O4S/c1-10-14(6-7-16(22)23)20-15(21)8-12(19-17(20)25-10)9-24-13-4-2-11(18)3-5-13/h2-8H,9H2,1H3,(H,22,23). The van der Waals surface area contributed by atoms with E-state index in [1.54, 1.807) is 6.92 Å². The predicted molar refractivity (Wildman–Crippen MR) is 91.5 cm³/mol. The van der Waals surface area contributed by atoms with E-state index in [2.05, 4.69) is 4.98 Å². The third-order valence-corrected chi connectivity index (χ3v) is 4.34. The number of halogens is 1. The highest BCUT2D eigenvalue weighted by atomic mass is 32.1. The summed E-state index contributed by atoms with van der Waals surface area (Å²) >= 11 is 1.28. The fourth-order valence-electron chi connectivity index (χ4n) is 2.25. The summed E-state index contributed by atoms with van der Waals surface area (Å²) in [6.07, 6.45) is 2.35. The molecule has 0 fully saturated rings. The van der Waals surface area contributed by atoms with Crippen LogP contribution >= 0.6 is 11.3 Å². The summed E-state index contributed by atoms with van der Waals surface area (Å²) in [5.74, 6) is -0.985. The quantitative estimate of drug-likeness (QED) is 0.708. The zero-order valence-electron chi connectivity index (χ0n) is 13.1. The third kappa shape index (κ3) is 3.74. The number of fused-ring (bicyclic) bond motifs is 1. The number of carbonyl (C=O) groups is 1. The molecular formula is C17H13FN2O4S. The Morgan fingerprint density at radius 2 is 2.12 bits per heavy atom. The van der Waals surface area contributed by atoms with Crippen molar-refractivity contribution in [3.8, 4) is 5.75 Å². The van der Waals surface area contributed by atoms with E-state index in [1.165, 1.54) is 52.1 Å². The van der Waals surface area contributed by atoms with Gasteiger partial charge in [0.25, 0.3) is 5.56 Å². The molecule has 0 atom stereocenters. The van der Waals surface area contributed by atoms with Crippen molar-refractivity contribution in [2.75, 3.05) is 0 Å². The van der Waals surface area contributed by atoms with Crippen molar-refractivity contribution in [2.45, 2.75) is 13.5 Å². The van der Waals surface area contributed by atoms with E-state index in [1.807, 2.05) is 0 Å². The van der Waals surface area contributed by atoms with Gasteiger partial charge in [0, 0.05) is 17.0 Å². The van der Waals surface area contributed by atoms with Gasteiger partial charge in [-0.1, -0.05) is 0 Å². The molecule has 0 aliphatic rings. The van der Waals surface area contributed by atoms with Gasteiger partial charge in [0.1, 0.15) is 18.2 Å². The number of carboxylic acid groups (broad SMARTS) is 1. The molecule has 2 aromatic heterocycles. The molecule has 0 bridgehead atoms. The second kappa shape index (κ2) is 6.86. The third-order valence-electron chi connectivity index (χ3n) is 3.37. The molecule has 128 valence electrons. The fraction of sp³-hybridized carbons (Fsp3) is 0.118. The highest BCUT2D eigenvalue weighted by Gasteiger charge is 2.12. The summed E-state index contributed by atoms with van der Waals surface area (Å²) in [4.78, 5) is 28.7. The normalized spacial score (nSPS) is 11.3. The van der Waals surface area contributed by atoms with Crippen molar-refractivity contribution >= 4 is 28.3 Å². The van der Waals surface area contributed by atoms with E-state index in [0.29, 0.717) is 22.1 Å². The maximum atomic E-state index is 12.9. The Kier molecular flexibility index (Phi) is 4.62. The second-order valence-corrected chi connectivity index (χ2v) is 6.34. The summed E-state index contributed by atoms with van der Waals surface area (Å²) in [5, 5.41) is 8.76. The number of hydrogen-bond donors (Lipinski definition) is 1. The smallest absolute Gasteiger partial charge is 0.328 e. The molecule has 0 amide bonds. The topological polar surface area (TPSA) is 80.9 Å². The number of benzene rings is 1. The Labute approximate surface area is 145 Å². The van der Waals surface area contributed by atoms with Crippen LogP contribution in [0.3, 0.4) is 0 Å². The summed E-state index contributed by atoms with van der Waals surface area (Å²) < 4.78 is 19.7. The van der Waals surface area contributed by atoms with Crippen LogP contribution in [0, 0.1) is 12.7 Å². The van der Waals surface area contributed by atoms with Crippen LogP contribution in [0.5, 0.6) is 5.75 Å². The van der Waals surface area contributed by atoms with E-state index < -0.39 is 5.97 Å². The van der Waals surface area contributed by atoms with Crippen LogP contribution in [0.1, 0.15) is 16.3 Å². The van der Waals surface area contributed by atoms with E-state index in [-0.39, 0.29) is 18.0 Å². The molecule has 8 heteroatoms. The lowest BCUT2D eigenvalue weighted by molar-refractivity contribution is -0.131. The van der Waals surface area contributed by atoms with Crippen LogP contribution in [-0.2, 0) is 11.4 Å². The molecule has 3 rings (SSSR count). The fourth-order valence-corrected chi connectivity index (χ4v) is 3.23. The van der Waals surface area contributed by atoms with Gasteiger partial charge in [-0.25, -0.2) is 14.2 Å². The van der Waals surface area contributed by atoms with Crippen LogP contribution in [0.15, 0.2) is 41.2 Å². The minimum Gasteiger partial charge on any atom is -0.487 e. The number of aromatic nitrogens is 2. The molecule has 2 heterocycles. The number of hydrogen-bond acceptors (Lipinski definition) is 5. The zero-order valence-corrected chi connectivity index (χ0v) is 13.9. The van der Waals surface area contributed by atoms with Gasteiger partial charge in [0.15, 0.2) is 4.96 Å². The molecule has 0 aliphatic carbocycles. The Morgan fingerprint density at radius 1 is 1.40 bits per heavy atom. The first-order chi connectivity index (χ1) is 11.9. The van der Waals surface area contributed by atoms with Crippen molar-refractivity contribution in [2.24, 2.45) is 0 Å². The molecule has 0 saturated heterocycles. The Bertz CT molecular complexity index is 1020. The first kappa shape index (κ1) is 16.8. The summed E-state index contributed by atoms with van der Waals surface area (Å²) in [5.41, 5.74) is 0.604. The van der Waals surface area contributed by atoms with Crippen LogP contribution < -0.4 is 10.3 Å². The van der Waals surface area contributed by atoms with Gasteiger partial charge >= 0.3 is 5.97 Å². The number of aliphatic carboxylic acids is 1. The molecule has 25 heavy (non-hydrogen) atoms. The minimum absolute atomic E-state index is 0.0641. The largest absolute Gasteiger partial charge is 0.487 e. The zero-order chi connectivity index (χ0) is 18.0. The number of thiazole rings is 1. The van der Waals surface area contributed by atoms with Crippen molar-refractivity contribution in [1.29, 1.82) is 0 Å². The van der Waals surface area contributed by atoms with Crippen LogP contribution in [0.25, 0.3) is 11.0 Å². The van der Waals surface area contributed by atoms with Crippen molar-refractivity contribution in [3.63, 3.8) is 0 Å². The van der Waals surface area contributed by atoms with Gasteiger partial charge < -0.3 is 9.84 Å². The molecule has 1 aromatic carbocycles. The molecule has 0 saturated carbocycles. The number of aryl methyl sites for hydroxylation is 1. The van der Waals surface area contributed by atoms with Gasteiger partial charge in [0.2, 0.25) is 0 Å². The first-order valence-corrected chi connectivity index (χ1v) is 8.07. The minimum atomic E-state index is -1.09. The summed E-state index contributed by atoms with van der Waals surface area (Å²) in [6.45, 7) is 1.85. The lowest BCUT2D eigenvalue weighted by atomic mass is 10.3. The van der Waals surface area contributed by atoms with Crippen LogP contribution in [0.2, 0.25) is 0 Å². The van der Waals surface area contributed by atoms with E-state index >= 15 is 0 Å². The Balaban J connectivity index is 1.90. The van der Waals surface area contributed by atoms with Gasteiger partial charge in [-0.15, -0.1) is 11.3 Å². The molecule has 0 spiro atoms. The maximum Gasteiger partial charge on any atom is 0.328 e. The van der Waals surface area contributed by atoms with Crippen molar-refractivity contribution < 1.29 is 19.0 Å². The lowest BCUT2D eigenvalue weighted by Crippen LogP contribution is -2.16. The molecule has 3 aromatic rings. The van der Waals surface area contributed by atoms with Gasteiger partial charge in [-0.05, 0) is 37.3 Å². The molecule has 0 radical (unpaired) electrons. The molecule has 0 unspecified atom stereocenters. The summed E-state index contributed by atoms with van der Waals surface area (Å²) in [7, 11) is 0. The Morgan fingerprint density at radius 3 is 2.80 bits per heavy atom. The van der Waals surface area contributed by atoms with Gasteiger partial charge in [-0.3, -0.25) is 9.20 Å². The average molecular weight is 360 g/mol. The second-order valence-electron chi connectivity index (χ2n) is 5.16. The Hall–Kier alpha value is -3.00. The molecule has 0 aliphatic heterocycles. The average Bonchev–Trinajstić information content (AvgIpc) is 2.88. The van der Waals surface area contributed by atoms with E-state index in [4.69, 9.17) is 9.84 Å². The highest BCUT2D eigenvalue weighted by molar-refractivity contribution is 7.17.